The van der Waals surface area contributed by atoms with Crippen LogP contribution in [0.3, 0.4) is 0 Å². The molecule has 0 radical (unpaired) electrons. The van der Waals surface area contributed by atoms with Crippen LogP contribution in [0.5, 0.6) is 0 Å². The molecular formula is C20H12S6. The van der Waals surface area contributed by atoms with Gasteiger partial charge in [-0.1, -0.05) is 0 Å². The van der Waals surface area contributed by atoms with Crippen LogP contribution in [0.4, 0.5) is 0 Å². The van der Waals surface area contributed by atoms with E-state index in [0.717, 1.165) is 0 Å². The topological polar surface area (TPSA) is 0 Å². The number of fused-ring (bicyclic) bond motifs is 5. The fourth-order valence-electron chi connectivity index (χ4n) is 3.23. The van der Waals surface area contributed by atoms with Gasteiger partial charge in [0.2, 0.25) is 0 Å². The highest BCUT2D eigenvalue weighted by Gasteiger charge is 2.18. The summed E-state index contributed by atoms with van der Waals surface area (Å²) in [6.45, 7) is 4.37. The summed E-state index contributed by atoms with van der Waals surface area (Å²) in [7, 11) is 0. The Kier molecular flexibility index (Phi) is 3.53. The second kappa shape index (κ2) is 5.74. The third kappa shape index (κ3) is 2.33. The van der Waals surface area contributed by atoms with Crippen molar-refractivity contribution in [2.24, 2.45) is 0 Å². The molecule has 0 fully saturated rings. The van der Waals surface area contributed by atoms with E-state index in [9.17, 15) is 0 Å². The van der Waals surface area contributed by atoms with Crippen molar-refractivity contribution in [1.29, 1.82) is 0 Å². The molecule has 0 aromatic carbocycles. The maximum Gasteiger partial charge on any atom is 0.0893 e. The Morgan fingerprint density at radius 2 is 0.962 bits per heavy atom. The van der Waals surface area contributed by atoms with Gasteiger partial charge < -0.3 is 0 Å². The third-order valence-electron chi connectivity index (χ3n) is 4.45. The molecule has 0 amide bonds. The average molecular weight is 445 g/mol. The Labute approximate surface area is 174 Å². The predicted octanol–water partition coefficient (Wildman–Crippen LogP) is 9.47. The van der Waals surface area contributed by atoms with Crippen LogP contribution in [-0.4, -0.2) is 0 Å². The molecule has 6 aromatic heterocycles. The molecule has 0 aliphatic carbocycles. The largest absolute Gasteiger partial charge is 0.140 e. The van der Waals surface area contributed by atoms with Crippen LogP contribution in [0.2, 0.25) is 0 Å². The smallest absolute Gasteiger partial charge is 0.0893 e. The average Bonchev–Trinajstić information content (AvgIpc) is 3.36. The van der Waals surface area contributed by atoms with Gasteiger partial charge in [-0.25, -0.2) is 0 Å². The van der Waals surface area contributed by atoms with Crippen molar-refractivity contribution in [3.05, 3.63) is 46.2 Å². The lowest BCUT2D eigenvalue weighted by atomic mass is 10.3. The first-order valence-corrected chi connectivity index (χ1v) is 13.1. The Bertz CT molecular complexity index is 1300. The van der Waals surface area contributed by atoms with Crippen LogP contribution in [0.25, 0.3) is 47.7 Å². The predicted molar refractivity (Wildman–Crippen MR) is 127 cm³/mol. The van der Waals surface area contributed by atoms with Gasteiger partial charge in [0.1, 0.15) is 0 Å². The van der Waals surface area contributed by atoms with Crippen molar-refractivity contribution in [2.45, 2.75) is 13.8 Å². The Morgan fingerprint density at radius 1 is 0.500 bits per heavy atom. The van der Waals surface area contributed by atoms with Crippen LogP contribution >= 0.6 is 68.0 Å². The molecule has 0 unspecified atom stereocenters. The van der Waals surface area contributed by atoms with Crippen molar-refractivity contribution in [1.82, 2.24) is 0 Å². The quantitative estimate of drug-likeness (QED) is 0.249. The van der Waals surface area contributed by atoms with Gasteiger partial charge in [0.15, 0.2) is 0 Å². The van der Waals surface area contributed by atoms with Gasteiger partial charge in [0.25, 0.3) is 0 Å². The minimum Gasteiger partial charge on any atom is -0.140 e. The second-order valence-electron chi connectivity index (χ2n) is 6.31. The van der Waals surface area contributed by atoms with Gasteiger partial charge >= 0.3 is 0 Å². The first-order valence-electron chi connectivity index (χ1n) is 8.18. The summed E-state index contributed by atoms with van der Waals surface area (Å²) in [6, 6.07) is 13.8. The van der Waals surface area contributed by atoms with Crippen LogP contribution in [0.1, 0.15) is 9.75 Å². The van der Waals surface area contributed by atoms with Gasteiger partial charge in [-0.15, -0.1) is 68.0 Å². The molecule has 0 spiro atoms. The van der Waals surface area contributed by atoms with E-state index in [2.05, 4.69) is 50.2 Å². The first-order chi connectivity index (χ1) is 12.7. The summed E-state index contributed by atoms with van der Waals surface area (Å²) in [6.07, 6.45) is 0. The molecule has 0 bridgehead atoms. The number of rotatable bonds is 2. The van der Waals surface area contributed by atoms with Gasteiger partial charge in [0.05, 0.1) is 17.4 Å². The van der Waals surface area contributed by atoms with E-state index in [-0.39, 0.29) is 0 Å². The van der Waals surface area contributed by atoms with Crippen LogP contribution in [0, 0.1) is 13.8 Å². The van der Waals surface area contributed by atoms with Crippen molar-refractivity contribution in [3.8, 4) is 19.5 Å². The summed E-state index contributed by atoms with van der Waals surface area (Å²) in [5.74, 6) is 0. The lowest BCUT2D eigenvalue weighted by molar-refractivity contribution is 1.64. The van der Waals surface area contributed by atoms with Gasteiger partial charge in [-0.05, 0) is 50.2 Å². The van der Waals surface area contributed by atoms with Crippen LogP contribution in [-0.2, 0) is 0 Å². The maximum atomic E-state index is 2.41. The molecule has 0 aliphatic heterocycles. The lowest BCUT2D eigenvalue weighted by Crippen LogP contribution is -1.59. The molecule has 0 atom stereocenters. The van der Waals surface area contributed by atoms with Crippen molar-refractivity contribution in [2.75, 3.05) is 0 Å². The molecule has 6 rings (SSSR count). The zero-order valence-corrected chi connectivity index (χ0v) is 18.8. The number of hydrogen-bond acceptors (Lipinski definition) is 6. The van der Waals surface area contributed by atoms with E-state index in [1.54, 1.807) is 0 Å². The molecule has 0 saturated heterocycles. The zero-order valence-electron chi connectivity index (χ0n) is 13.9. The Morgan fingerprint density at radius 3 is 1.35 bits per heavy atom. The van der Waals surface area contributed by atoms with Crippen molar-refractivity contribution < 1.29 is 0 Å². The van der Waals surface area contributed by atoms with E-state index in [4.69, 9.17) is 0 Å². The third-order valence-corrected chi connectivity index (χ3v) is 11.9. The molecule has 26 heavy (non-hydrogen) atoms. The maximum absolute atomic E-state index is 2.41. The summed E-state index contributed by atoms with van der Waals surface area (Å²) in [4.78, 5) is 8.40. The summed E-state index contributed by atoms with van der Waals surface area (Å²) in [5, 5.41) is 2.91. The molecule has 128 valence electrons. The van der Waals surface area contributed by atoms with Crippen LogP contribution in [0.15, 0.2) is 36.4 Å². The molecule has 0 nitrogen and oxygen atoms in total. The van der Waals surface area contributed by atoms with Crippen molar-refractivity contribution in [3.63, 3.8) is 0 Å². The molecular weight excluding hydrogens is 433 g/mol. The highest BCUT2D eigenvalue weighted by atomic mass is 32.2. The number of hydrogen-bond donors (Lipinski definition) is 0. The number of thiophene rings is 6. The summed E-state index contributed by atoms with van der Waals surface area (Å²) in [5.41, 5.74) is 0. The minimum atomic E-state index is 1.38. The van der Waals surface area contributed by atoms with Gasteiger partial charge in [0, 0.05) is 40.0 Å². The monoisotopic (exact) mass is 444 g/mol. The fraction of sp³-hybridized carbons (Fsp3) is 0.100. The summed E-state index contributed by atoms with van der Waals surface area (Å²) < 4.78 is 5.90. The lowest BCUT2D eigenvalue weighted by Gasteiger charge is -1.89. The van der Waals surface area contributed by atoms with Crippen LogP contribution < -0.4 is 0 Å². The highest BCUT2D eigenvalue weighted by Crippen LogP contribution is 2.52. The van der Waals surface area contributed by atoms with E-state index in [1.165, 1.54) is 57.5 Å². The molecule has 0 N–H and O–H groups in total. The first kappa shape index (κ1) is 16.0. The van der Waals surface area contributed by atoms with Gasteiger partial charge in [-0.2, -0.15) is 0 Å². The fourth-order valence-corrected chi connectivity index (χ4v) is 10.7. The SMILES string of the molecule is Cc1ccc(-c2cc3c(s2)sc2c4cc(-c5ccc(C)s5)sc4sc32)s1. The van der Waals surface area contributed by atoms with E-state index in [0.29, 0.717) is 0 Å². The number of aryl methyl sites for hydroxylation is 2. The van der Waals surface area contributed by atoms with Gasteiger partial charge in [-0.3, -0.25) is 0 Å². The second-order valence-corrected chi connectivity index (χ2v) is 13.5. The molecule has 6 heterocycles. The standard InChI is InChI=1S/C20H12S6/c1-9-3-5-13(21-9)15-7-11-17-18(25-19(11)23-15)12-8-16(24-20(12)26-17)14-6-4-10(2)22-14/h3-8H,1-2H3. The molecule has 6 heteroatoms. The summed E-state index contributed by atoms with van der Waals surface area (Å²) >= 11 is 11.6. The Hall–Kier alpha value is -1.02. The zero-order chi connectivity index (χ0) is 17.4. The van der Waals surface area contributed by atoms with E-state index >= 15 is 0 Å². The molecule has 0 aliphatic rings. The van der Waals surface area contributed by atoms with Crippen molar-refractivity contribution >= 4 is 96.2 Å². The Balaban J connectivity index is 1.53. The highest BCUT2D eigenvalue weighted by molar-refractivity contribution is 7.50. The minimum absolute atomic E-state index is 1.38. The molecule has 6 aromatic rings. The normalized spacial score (nSPS) is 12.2. The van der Waals surface area contributed by atoms with E-state index in [1.807, 2.05) is 68.0 Å². The van der Waals surface area contributed by atoms with E-state index < -0.39 is 0 Å². The molecule has 0 saturated carbocycles.